The van der Waals surface area contributed by atoms with Crippen LogP contribution in [-0.4, -0.2) is 45.9 Å². The Bertz CT molecular complexity index is 997. The maximum absolute atomic E-state index is 12.7. The molecule has 0 atom stereocenters. The topological polar surface area (TPSA) is 91.2 Å². The Morgan fingerprint density at radius 3 is 2.63 bits per heavy atom. The number of aromatic nitrogens is 4. The molecule has 0 bridgehead atoms. The molecule has 156 valence electrons. The van der Waals surface area contributed by atoms with Gasteiger partial charge in [0, 0.05) is 36.3 Å². The first-order valence-electron chi connectivity index (χ1n) is 10.0. The molecule has 1 aliphatic rings. The second kappa shape index (κ2) is 8.94. The summed E-state index contributed by atoms with van der Waals surface area (Å²) in [6.07, 6.45) is 12.6. The van der Waals surface area contributed by atoms with Gasteiger partial charge in [0.05, 0.1) is 43.9 Å². The van der Waals surface area contributed by atoms with Crippen LogP contribution in [-0.2, 0) is 0 Å². The fraction of sp³-hybridized carbons (Fsp3) is 0.364. The molecule has 0 spiro atoms. The monoisotopic (exact) mass is 407 g/mol. The fourth-order valence-electron chi connectivity index (χ4n) is 3.85. The third-order valence-corrected chi connectivity index (χ3v) is 5.52. The number of benzene rings is 1. The highest BCUT2D eigenvalue weighted by Gasteiger charge is 2.25. The van der Waals surface area contributed by atoms with Gasteiger partial charge in [-0.1, -0.05) is 0 Å². The molecule has 1 amide bonds. The van der Waals surface area contributed by atoms with Crippen LogP contribution >= 0.6 is 0 Å². The summed E-state index contributed by atoms with van der Waals surface area (Å²) in [5.74, 6) is 1.04. The first-order chi connectivity index (χ1) is 14.7. The third-order valence-electron chi connectivity index (χ3n) is 5.52. The molecule has 0 aliphatic heterocycles. The molecule has 0 radical (unpaired) electrons. The Morgan fingerprint density at radius 1 is 1.10 bits per heavy atom. The van der Waals surface area contributed by atoms with Gasteiger partial charge < -0.3 is 14.8 Å². The molecule has 1 aromatic carbocycles. The number of carbonyl (C=O) groups excluding carboxylic acids is 1. The van der Waals surface area contributed by atoms with E-state index in [0.717, 1.165) is 36.9 Å². The van der Waals surface area contributed by atoms with Crippen LogP contribution in [0.15, 0.2) is 49.2 Å². The summed E-state index contributed by atoms with van der Waals surface area (Å²) < 4.78 is 12.6. The van der Waals surface area contributed by atoms with Gasteiger partial charge in [0.15, 0.2) is 0 Å². The molecule has 1 N–H and O–H groups in total. The number of amides is 1. The van der Waals surface area contributed by atoms with Crippen LogP contribution in [0, 0.1) is 0 Å². The number of nitrogens with zero attached hydrogens (tertiary/aromatic N) is 4. The van der Waals surface area contributed by atoms with E-state index in [-0.39, 0.29) is 11.9 Å². The molecule has 0 saturated heterocycles. The van der Waals surface area contributed by atoms with Gasteiger partial charge in [0.25, 0.3) is 5.91 Å². The molecule has 30 heavy (non-hydrogen) atoms. The van der Waals surface area contributed by atoms with Gasteiger partial charge in [-0.25, -0.2) is 0 Å². The Hall–Kier alpha value is -3.42. The third kappa shape index (κ3) is 4.27. The number of nitrogens with one attached hydrogen (secondary N) is 1. The fourth-order valence-corrected chi connectivity index (χ4v) is 3.85. The highest BCUT2D eigenvalue weighted by atomic mass is 16.5. The van der Waals surface area contributed by atoms with Crippen LogP contribution < -0.4 is 14.8 Å². The highest BCUT2D eigenvalue weighted by Crippen LogP contribution is 2.30. The lowest BCUT2D eigenvalue weighted by atomic mass is 9.91. The molecular weight excluding hydrogens is 382 g/mol. The highest BCUT2D eigenvalue weighted by molar-refractivity contribution is 5.97. The van der Waals surface area contributed by atoms with E-state index in [2.05, 4.69) is 20.4 Å². The Kier molecular flexibility index (Phi) is 5.92. The molecule has 1 saturated carbocycles. The van der Waals surface area contributed by atoms with Crippen molar-refractivity contribution in [3.05, 3.63) is 54.7 Å². The standard InChI is InChI=1S/C22H25N5O3/c1-29-18-7-8-19(21(11-18)30-2)22(28)26-16-3-5-17(6-4-16)27-14-15(12-25-27)20-13-23-9-10-24-20/h7-14,16-17H,3-6H2,1-2H3,(H,26,28). The van der Waals surface area contributed by atoms with Crippen molar-refractivity contribution >= 4 is 5.91 Å². The minimum atomic E-state index is -0.123. The number of hydrogen-bond donors (Lipinski definition) is 1. The van der Waals surface area contributed by atoms with Crippen LogP contribution in [0.5, 0.6) is 11.5 Å². The van der Waals surface area contributed by atoms with Crippen molar-refractivity contribution in [2.45, 2.75) is 37.8 Å². The van der Waals surface area contributed by atoms with E-state index in [1.165, 1.54) is 0 Å². The minimum Gasteiger partial charge on any atom is -0.497 e. The zero-order valence-corrected chi connectivity index (χ0v) is 17.1. The Balaban J connectivity index is 1.35. The number of methoxy groups -OCH3 is 2. The first kappa shape index (κ1) is 19.9. The van der Waals surface area contributed by atoms with E-state index in [4.69, 9.17) is 9.47 Å². The molecular formula is C22H25N5O3. The average molecular weight is 407 g/mol. The van der Waals surface area contributed by atoms with E-state index >= 15 is 0 Å². The lowest BCUT2D eigenvalue weighted by Crippen LogP contribution is -2.38. The van der Waals surface area contributed by atoms with Crippen molar-refractivity contribution in [3.63, 3.8) is 0 Å². The van der Waals surface area contributed by atoms with Crippen LogP contribution in [0.3, 0.4) is 0 Å². The Morgan fingerprint density at radius 2 is 1.93 bits per heavy atom. The summed E-state index contributed by atoms with van der Waals surface area (Å²) in [5.41, 5.74) is 2.30. The molecule has 4 rings (SSSR count). The van der Waals surface area contributed by atoms with E-state index in [1.807, 2.05) is 17.1 Å². The van der Waals surface area contributed by atoms with E-state index in [9.17, 15) is 4.79 Å². The van der Waals surface area contributed by atoms with Crippen LogP contribution in [0.25, 0.3) is 11.3 Å². The molecule has 8 heteroatoms. The SMILES string of the molecule is COc1ccc(C(=O)NC2CCC(n3cc(-c4cnccn4)cn3)CC2)c(OC)c1. The number of hydrogen-bond acceptors (Lipinski definition) is 6. The largest absolute Gasteiger partial charge is 0.497 e. The molecule has 2 heterocycles. The maximum Gasteiger partial charge on any atom is 0.255 e. The number of carbonyl (C=O) groups is 1. The summed E-state index contributed by atoms with van der Waals surface area (Å²) in [5, 5.41) is 7.66. The summed E-state index contributed by atoms with van der Waals surface area (Å²) in [6.45, 7) is 0. The van der Waals surface area contributed by atoms with Crippen molar-refractivity contribution in [2.24, 2.45) is 0 Å². The lowest BCUT2D eigenvalue weighted by molar-refractivity contribution is 0.0918. The Labute approximate surface area is 175 Å². The molecule has 3 aromatic rings. The summed E-state index contributed by atoms with van der Waals surface area (Å²) >= 11 is 0. The van der Waals surface area contributed by atoms with Crippen molar-refractivity contribution in [3.8, 4) is 22.8 Å². The minimum absolute atomic E-state index is 0.123. The summed E-state index contributed by atoms with van der Waals surface area (Å²) in [7, 11) is 3.14. The van der Waals surface area contributed by atoms with E-state index < -0.39 is 0 Å². The predicted octanol–water partition coefficient (Wildman–Crippen LogP) is 3.27. The van der Waals surface area contributed by atoms with Crippen LogP contribution in [0.4, 0.5) is 0 Å². The zero-order valence-electron chi connectivity index (χ0n) is 17.1. The molecule has 8 nitrogen and oxygen atoms in total. The maximum atomic E-state index is 12.7. The van der Waals surface area contributed by atoms with Crippen molar-refractivity contribution in [2.75, 3.05) is 14.2 Å². The van der Waals surface area contributed by atoms with Crippen LogP contribution in [0.1, 0.15) is 42.1 Å². The number of ether oxygens (including phenoxy) is 2. The van der Waals surface area contributed by atoms with Crippen molar-refractivity contribution in [1.82, 2.24) is 25.1 Å². The summed E-state index contributed by atoms with van der Waals surface area (Å²) in [6, 6.07) is 5.67. The second-order valence-corrected chi connectivity index (χ2v) is 7.34. The van der Waals surface area contributed by atoms with Gasteiger partial charge in [0.2, 0.25) is 0 Å². The summed E-state index contributed by atoms with van der Waals surface area (Å²) in [4.78, 5) is 21.2. The molecule has 2 aromatic heterocycles. The number of rotatable bonds is 6. The predicted molar refractivity (Wildman–Crippen MR) is 112 cm³/mol. The van der Waals surface area contributed by atoms with Gasteiger partial charge in [-0.15, -0.1) is 0 Å². The normalized spacial score (nSPS) is 18.6. The van der Waals surface area contributed by atoms with Gasteiger partial charge in [0.1, 0.15) is 11.5 Å². The van der Waals surface area contributed by atoms with Crippen molar-refractivity contribution < 1.29 is 14.3 Å². The lowest BCUT2D eigenvalue weighted by Gasteiger charge is -2.29. The quantitative estimate of drug-likeness (QED) is 0.674. The molecule has 1 aliphatic carbocycles. The second-order valence-electron chi connectivity index (χ2n) is 7.34. The van der Waals surface area contributed by atoms with Crippen LogP contribution in [0.2, 0.25) is 0 Å². The van der Waals surface area contributed by atoms with Gasteiger partial charge in [-0.05, 0) is 37.8 Å². The van der Waals surface area contributed by atoms with E-state index in [0.29, 0.717) is 23.1 Å². The zero-order chi connectivity index (χ0) is 20.9. The van der Waals surface area contributed by atoms with Gasteiger partial charge in [-0.3, -0.25) is 19.4 Å². The van der Waals surface area contributed by atoms with Crippen molar-refractivity contribution in [1.29, 1.82) is 0 Å². The van der Waals surface area contributed by atoms with Gasteiger partial charge in [-0.2, -0.15) is 5.10 Å². The average Bonchev–Trinajstić information content (AvgIpc) is 3.30. The molecule has 1 fully saturated rings. The van der Waals surface area contributed by atoms with Gasteiger partial charge >= 0.3 is 0 Å². The smallest absolute Gasteiger partial charge is 0.255 e. The van der Waals surface area contributed by atoms with E-state index in [1.54, 1.807) is 51.0 Å². The first-order valence-corrected chi connectivity index (χ1v) is 10.0. The molecule has 0 unspecified atom stereocenters.